The van der Waals surface area contributed by atoms with E-state index in [4.69, 9.17) is 15.3 Å². The van der Waals surface area contributed by atoms with Crippen LogP contribution in [0.1, 0.15) is 41.0 Å². The first kappa shape index (κ1) is 33.1. The summed E-state index contributed by atoms with van der Waals surface area (Å²) in [6, 6.07) is 0. The Hall–Kier alpha value is -2.08. The number of carboxylic acid groups (broad SMARTS) is 3. The maximum absolute atomic E-state index is 11.9. The summed E-state index contributed by atoms with van der Waals surface area (Å²) < 4.78 is 0. The Morgan fingerprint density at radius 1 is 0.515 bits per heavy atom. The second kappa shape index (κ2) is 20.5. The number of hydrogen-bond acceptors (Lipinski definition) is 8. The Bertz CT molecular complexity index is 543. The first-order valence-electron chi connectivity index (χ1n) is 11.8. The second-order valence-corrected chi connectivity index (χ2v) is 7.18. The summed E-state index contributed by atoms with van der Waals surface area (Å²) in [5.41, 5.74) is 0. The van der Waals surface area contributed by atoms with Crippen molar-refractivity contribution >= 4 is 23.7 Å². The zero-order valence-corrected chi connectivity index (χ0v) is 21.0. The third kappa shape index (κ3) is 18.1. The van der Waals surface area contributed by atoms with Gasteiger partial charge < -0.3 is 15.3 Å². The Morgan fingerprint density at radius 3 is 0.909 bits per heavy atom. The number of ketones is 1. The van der Waals surface area contributed by atoms with Crippen molar-refractivity contribution in [1.82, 2.24) is 19.6 Å². The molecule has 0 radical (unpaired) electrons. The van der Waals surface area contributed by atoms with E-state index in [0.717, 1.165) is 0 Å². The Kier molecular flexibility index (Phi) is 20.6. The van der Waals surface area contributed by atoms with Gasteiger partial charge in [-0.05, 0) is 0 Å². The lowest BCUT2D eigenvalue weighted by Gasteiger charge is -2.32. The first-order chi connectivity index (χ1) is 15.7. The van der Waals surface area contributed by atoms with Gasteiger partial charge >= 0.3 is 17.9 Å². The highest BCUT2D eigenvalue weighted by Gasteiger charge is 2.20. The van der Waals surface area contributed by atoms with E-state index in [0.29, 0.717) is 58.8 Å². The van der Waals surface area contributed by atoms with Crippen LogP contribution < -0.4 is 0 Å². The molecule has 3 N–H and O–H groups in total. The quantitative estimate of drug-likeness (QED) is 0.428. The molecule has 1 rings (SSSR count). The van der Waals surface area contributed by atoms with E-state index in [1.165, 1.54) is 0 Å². The number of hydrogen-bond donors (Lipinski definition) is 3. The average molecular weight is 477 g/mol. The smallest absolute Gasteiger partial charge is 0.317 e. The SMILES string of the molecule is CC.CC.CCC(=O)CN1CCN(CC(=O)O)CCN(CC(=O)O)CCN(CC(=O)O)CC1. The molecule has 1 fully saturated rings. The van der Waals surface area contributed by atoms with Crippen molar-refractivity contribution in [2.75, 3.05) is 78.5 Å². The molecule has 1 saturated heterocycles. The molecule has 0 amide bonds. The summed E-state index contributed by atoms with van der Waals surface area (Å²) in [6.07, 6.45) is 0.401. The number of carboxylic acids is 3. The minimum absolute atomic E-state index is 0.0688. The largest absolute Gasteiger partial charge is 0.480 e. The van der Waals surface area contributed by atoms with E-state index in [1.807, 2.05) is 32.6 Å². The number of rotatable bonds is 9. The van der Waals surface area contributed by atoms with Gasteiger partial charge in [0.1, 0.15) is 5.78 Å². The van der Waals surface area contributed by atoms with Crippen LogP contribution in [0.3, 0.4) is 0 Å². The van der Waals surface area contributed by atoms with Crippen LogP contribution in [-0.4, -0.2) is 137 Å². The molecule has 1 heterocycles. The molecule has 33 heavy (non-hydrogen) atoms. The third-order valence-electron chi connectivity index (χ3n) is 4.80. The molecule has 1 aliphatic heterocycles. The summed E-state index contributed by atoms with van der Waals surface area (Å²) in [5.74, 6) is -2.85. The molecule has 0 aliphatic carbocycles. The monoisotopic (exact) mass is 476 g/mol. The van der Waals surface area contributed by atoms with Crippen molar-refractivity contribution in [2.45, 2.75) is 41.0 Å². The van der Waals surface area contributed by atoms with Gasteiger partial charge in [0.05, 0.1) is 26.2 Å². The van der Waals surface area contributed by atoms with E-state index in [1.54, 1.807) is 21.6 Å². The molecule has 0 bridgehead atoms. The van der Waals surface area contributed by atoms with Crippen LogP contribution in [0.2, 0.25) is 0 Å². The Morgan fingerprint density at radius 2 is 0.727 bits per heavy atom. The summed E-state index contributed by atoms with van der Waals surface area (Å²) in [4.78, 5) is 52.5. The van der Waals surface area contributed by atoms with E-state index in [9.17, 15) is 19.2 Å². The van der Waals surface area contributed by atoms with Crippen LogP contribution in [-0.2, 0) is 19.2 Å². The zero-order chi connectivity index (χ0) is 25.8. The molecule has 0 aromatic carbocycles. The van der Waals surface area contributed by atoms with Gasteiger partial charge in [0.2, 0.25) is 0 Å². The minimum Gasteiger partial charge on any atom is -0.480 e. The van der Waals surface area contributed by atoms with Gasteiger partial charge in [-0.25, -0.2) is 0 Å². The minimum atomic E-state index is -0.990. The van der Waals surface area contributed by atoms with Crippen LogP contribution >= 0.6 is 0 Å². The highest BCUT2D eigenvalue weighted by atomic mass is 16.4. The van der Waals surface area contributed by atoms with Crippen molar-refractivity contribution < 1.29 is 34.5 Å². The van der Waals surface area contributed by atoms with Crippen LogP contribution in [0.15, 0.2) is 0 Å². The van der Waals surface area contributed by atoms with Gasteiger partial charge in [-0.3, -0.25) is 38.8 Å². The van der Waals surface area contributed by atoms with Gasteiger partial charge in [-0.1, -0.05) is 34.6 Å². The van der Waals surface area contributed by atoms with Crippen LogP contribution in [0, 0.1) is 0 Å². The molecule has 11 nitrogen and oxygen atoms in total. The predicted molar refractivity (Wildman–Crippen MR) is 127 cm³/mol. The fraction of sp³-hybridized carbons (Fsp3) is 0.818. The molecule has 0 saturated carbocycles. The molecular weight excluding hydrogens is 432 g/mol. The predicted octanol–water partition coefficient (Wildman–Crippen LogP) is 0.493. The van der Waals surface area contributed by atoms with E-state index in [2.05, 4.69) is 0 Å². The Labute approximate surface area is 197 Å². The fourth-order valence-corrected chi connectivity index (χ4v) is 3.15. The number of Topliss-reactive ketones (excluding diaryl/α,β-unsaturated/α-hetero) is 1. The molecule has 0 aromatic rings. The molecule has 0 spiro atoms. The van der Waals surface area contributed by atoms with Crippen LogP contribution in [0.4, 0.5) is 0 Å². The van der Waals surface area contributed by atoms with Crippen molar-refractivity contribution in [3.63, 3.8) is 0 Å². The maximum Gasteiger partial charge on any atom is 0.317 e. The maximum atomic E-state index is 11.9. The van der Waals surface area contributed by atoms with E-state index in [-0.39, 0.29) is 32.0 Å². The van der Waals surface area contributed by atoms with Crippen LogP contribution in [0.5, 0.6) is 0 Å². The number of aliphatic carboxylic acids is 3. The lowest BCUT2D eigenvalue weighted by molar-refractivity contribution is -0.140. The lowest BCUT2D eigenvalue weighted by Crippen LogP contribution is -2.49. The summed E-state index contributed by atoms with van der Waals surface area (Å²) in [6.45, 7) is 12.7. The van der Waals surface area contributed by atoms with Crippen LogP contribution in [0.25, 0.3) is 0 Å². The molecule has 0 unspecified atom stereocenters. The van der Waals surface area contributed by atoms with Gasteiger partial charge in [0.25, 0.3) is 0 Å². The molecule has 194 valence electrons. The summed E-state index contributed by atoms with van der Waals surface area (Å²) in [7, 11) is 0. The highest BCUT2D eigenvalue weighted by Crippen LogP contribution is 2.02. The lowest BCUT2D eigenvalue weighted by atomic mass is 10.2. The normalized spacial score (nSPS) is 17.2. The number of nitrogens with zero attached hydrogens (tertiary/aromatic N) is 4. The Balaban J connectivity index is 0. The fourth-order valence-electron chi connectivity index (χ4n) is 3.15. The summed E-state index contributed by atoms with van der Waals surface area (Å²) in [5, 5.41) is 27.4. The van der Waals surface area contributed by atoms with Gasteiger partial charge in [-0.15, -0.1) is 0 Å². The van der Waals surface area contributed by atoms with E-state index < -0.39 is 17.9 Å². The highest BCUT2D eigenvalue weighted by molar-refractivity contribution is 5.80. The van der Waals surface area contributed by atoms with Gasteiger partial charge in [0.15, 0.2) is 0 Å². The standard InChI is InChI=1S/C18H32N4O7.2C2H6/c1-2-15(23)11-19-3-5-20(12-16(24)25)7-9-22(14-18(28)29)10-8-21(6-4-19)13-17(26)27;2*1-2/h2-14H2,1H3,(H,24,25)(H,26,27)(H,28,29);2*1-2H3. The average Bonchev–Trinajstić information content (AvgIpc) is 2.77. The van der Waals surface area contributed by atoms with Crippen molar-refractivity contribution in [3.05, 3.63) is 0 Å². The first-order valence-corrected chi connectivity index (χ1v) is 11.8. The van der Waals surface area contributed by atoms with Crippen molar-refractivity contribution in [2.24, 2.45) is 0 Å². The molecule has 0 aromatic heterocycles. The molecule has 1 aliphatic rings. The second-order valence-electron chi connectivity index (χ2n) is 7.18. The van der Waals surface area contributed by atoms with E-state index >= 15 is 0 Å². The number of carbonyl (C=O) groups is 4. The van der Waals surface area contributed by atoms with Gasteiger partial charge in [0, 0.05) is 58.8 Å². The topological polar surface area (TPSA) is 142 Å². The summed E-state index contributed by atoms with van der Waals surface area (Å²) >= 11 is 0. The van der Waals surface area contributed by atoms with Crippen molar-refractivity contribution in [1.29, 1.82) is 0 Å². The molecular formula is C22H44N4O7. The molecule has 11 heteroatoms. The third-order valence-corrected chi connectivity index (χ3v) is 4.80. The van der Waals surface area contributed by atoms with Crippen molar-refractivity contribution in [3.8, 4) is 0 Å². The van der Waals surface area contributed by atoms with Gasteiger partial charge in [-0.2, -0.15) is 0 Å². The molecule has 0 atom stereocenters. The number of carbonyl (C=O) groups excluding carboxylic acids is 1. The zero-order valence-electron chi connectivity index (χ0n) is 21.0.